The zero-order chi connectivity index (χ0) is 13.0. The van der Waals surface area contributed by atoms with Gasteiger partial charge in [0.05, 0.1) is 6.10 Å². The Kier molecular flexibility index (Phi) is 5.04. The third-order valence-corrected chi connectivity index (χ3v) is 3.99. The average Bonchev–Trinajstić information content (AvgIpc) is 2.32. The molecule has 2 nitrogen and oxygen atoms in total. The van der Waals surface area contributed by atoms with Gasteiger partial charge in [0.25, 0.3) is 0 Å². The van der Waals surface area contributed by atoms with Gasteiger partial charge in [-0.05, 0) is 43.5 Å². The number of benzene rings is 1. The lowest BCUT2D eigenvalue weighted by molar-refractivity contribution is 0.0502. The van der Waals surface area contributed by atoms with E-state index in [-0.39, 0.29) is 6.10 Å². The molecular formula is C15H22ClNO. The van der Waals surface area contributed by atoms with Gasteiger partial charge in [-0.3, -0.25) is 0 Å². The first-order valence-electron chi connectivity index (χ1n) is 6.76. The molecule has 0 bridgehead atoms. The van der Waals surface area contributed by atoms with Crippen molar-refractivity contribution in [3.05, 3.63) is 34.9 Å². The number of aliphatic hydroxyl groups excluding tert-OH is 1. The molecule has 0 aromatic heterocycles. The molecule has 2 rings (SSSR count). The van der Waals surface area contributed by atoms with Gasteiger partial charge in [0.15, 0.2) is 0 Å². The number of halogens is 1. The largest absolute Gasteiger partial charge is 0.393 e. The van der Waals surface area contributed by atoms with Crippen molar-refractivity contribution >= 4 is 11.6 Å². The van der Waals surface area contributed by atoms with Crippen LogP contribution in [0, 0.1) is 5.92 Å². The van der Waals surface area contributed by atoms with Crippen LogP contribution in [0.1, 0.15) is 31.2 Å². The van der Waals surface area contributed by atoms with Crippen molar-refractivity contribution in [2.75, 3.05) is 13.6 Å². The number of rotatable bonds is 4. The standard InChI is InChI=1S/C15H22ClNO/c1-17(10-12-5-4-7-14(16)9-12)11-13-6-2-3-8-15(13)18/h4-5,7,9,13,15,18H,2-3,6,8,10-11H2,1H3. The summed E-state index contributed by atoms with van der Waals surface area (Å²) in [6.45, 7) is 1.86. The van der Waals surface area contributed by atoms with Gasteiger partial charge in [0.1, 0.15) is 0 Å². The van der Waals surface area contributed by atoms with Crippen LogP contribution in [0.3, 0.4) is 0 Å². The van der Waals surface area contributed by atoms with Gasteiger partial charge in [-0.15, -0.1) is 0 Å². The molecule has 0 spiro atoms. The Morgan fingerprint density at radius 3 is 2.83 bits per heavy atom. The van der Waals surface area contributed by atoms with Gasteiger partial charge in [0.2, 0.25) is 0 Å². The van der Waals surface area contributed by atoms with Gasteiger partial charge >= 0.3 is 0 Å². The molecule has 0 amide bonds. The molecule has 2 atom stereocenters. The van der Waals surface area contributed by atoms with Crippen molar-refractivity contribution in [3.63, 3.8) is 0 Å². The van der Waals surface area contributed by atoms with Crippen molar-refractivity contribution in [3.8, 4) is 0 Å². The Bertz CT molecular complexity index is 383. The predicted molar refractivity (Wildman–Crippen MR) is 75.8 cm³/mol. The number of hydrogen-bond donors (Lipinski definition) is 1. The molecule has 0 radical (unpaired) electrons. The summed E-state index contributed by atoms with van der Waals surface area (Å²) in [5.74, 6) is 0.433. The van der Waals surface area contributed by atoms with E-state index < -0.39 is 0 Å². The van der Waals surface area contributed by atoms with E-state index in [4.69, 9.17) is 11.6 Å². The fourth-order valence-corrected chi connectivity index (χ4v) is 3.03. The topological polar surface area (TPSA) is 23.5 Å². The molecule has 1 aromatic rings. The minimum Gasteiger partial charge on any atom is -0.393 e. The summed E-state index contributed by atoms with van der Waals surface area (Å²) in [5.41, 5.74) is 1.23. The second-order valence-corrected chi connectivity index (χ2v) is 5.87. The zero-order valence-electron chi connectivity index (χ0n) is 11.0. The Balaban J connectivity index is 1.86. The first kappa shape index (κ1) is 13.9. The monoisotopic (exact) mass is 267 g/mol. The molecule has 1 aliphatic rings. The molecule has 0 heterocycles. The summed E-state index contributed by atoms with van der Waals surface area (Å²) in [4.78, 5) is 2.28. The third kappa shape index (κ3) is 3.98. The lowest BCUT2D eigenvalue weighted by atomic mass is 9.86. The molecule has 2 unspecified atom stereocenters. The molecule has 100 valence electrons. The van der Waals surface area contributed by atoms with Crippen molar-refractivity contribution < 1.29 is 5.11 Å². The molecule has 1 aliphatic carbocycles. The molecule has 0 saturated heterocycles. The van der Waals surface area contributed by atoms with Crippen molar-refractivity contribution in [2.24, 2.45) is 5.92 Å². The van der Waals surface area contributed by atoms with Crippen molar-refractivity contribution in [2.45, 2.75) is 38.3 Å². The zero-order valence-corrected chi connectivity index (χ0v) is 11.7. The molecule has 1 saturated carbocycles. The Hall–Kier alpha value is -0.570. The van der Waals surface area contributed by atoms with Crippen molar-refractivity contribution in [1.82, 2.24) is 4.90 Å². The van der Waals surface area contributed by atoms with Gasteiger partial charge in [0, 0.05) is 18.1 Å². The van der Waals surface area contributed by atoms with Crippen LogP contribution in [0.25, 0.3) is 0 Å². The maximum Gasteiger partial charge on any atom is 0.0580 e. The number of hydrogen-bond acceptors (Lipinski definition) is 2. The second-order valence-electron chi connectivity index (χ2n) is 5.44. The Labute approximate surface area is 115 Å². The van der Waals surface area contributed by atoms with E-state index in [0.717, 1.165) is 31.0 Å². The summed E-state index contributed by atoms with van der Waals surface area (Å²) in [6, 6.07) is 7.99. The van der Waals surface area contributed by atoms with Crippen LogP contribution in [-0.2, 0) is 6.54 Å². The van der Waals surface area contributed by atoms with Crippen LogP contribution >= 0.6 is 11.6 Å². The highest BCUT2D eigenvalue weighted by Crippen LogP contribution is 2.25. The van der Waals surface area contributed by atoms with Crippen LogP contribution in [0.2, 0.25) is 5.02 Å². The van der Waals surface area contributed by atoms with Crippen LogP contribution in [0.4, 0.5) is 0 Å². The molecule has 1 fully saturated rings. The van der Waals surface area contributed by atoms with Crippen LogP contribution in [-0.4, -0.2) is 29.7 Å². The van der Waals surface area contributed by atoms with E-state index in [1.54, 1.807) is 0 Å². The lowest BCUT2D eigenvalue weighted by Gasteiger charge is -2.31. The minimum absolute atomic E-state index is 0.111. The van der Waals surface area contributed by atoms with Gasteiger partial charge in [-0.2, -0.15) is 0 Å². The smallest absolute Gasteiger partial charge is 0.0580 e. The summed E-state index contributed by atoms with van der Waals surface area (Å²) in [7, 11) is 2.11. The highest BCUT2D eigenvalue weighted by Gasteiger charge is 2.23. The SMILES string of the molecule is CN(Cc1cccc(Cl)c1)CC1CCCCC1O. The van der Waals surface area contributed by atoms with E-state index >= 15 is 0 Å². The minimum atomic E-state index is -0.111. The van der Waals surface area contributed by atoms with Crippen LogP contribution < -0.4 is 0 Å². The van der Waals surface area contributed by atoms with Crippen molar-refractivity contribution in [1.29, 1.82) is 0 Å². The first-order valence-corrected chi connectivity index (χ1v) is 7.14. The molecule has 0 aliphatic heterocycles. The fraction of sp³-hybridized carbons (Fsp3) is 0.600. The molecule has 3 heteroatoms. The van der Waals surface area contributed by atoms with Gasteiger partial charge < -0.3 is 10.0 Å². The maximum atomic E-state index is 9.98. The summed E-state index contributed by atoms with van der Waals surface area (Å²) in [5, 5.41) is 10.8. The molecule has 18 heavy (non-hydrogen) atoms. The van der Waals surface area contributed by atoms with Gasteiger partial charge in [-0.25, -0.2) is 0 Å². The highest BCUT2D eigenvalue weighted by atomic mass is 35.5. The van der Waals surface area contributed by atoms with E-state index in [1.165, 1.54) is 18.4 Å². The van der Waals surface area contributed by atoms with E-state index in [9.17, 15) is 5.11 Å². The summed E-state index contributed by atoms with van der Waals surface area (Å²) >= 11 is 5.98. The lowest BCUT2D eigenvalue weighted by Crippen LogP contribution is -2.34. The second kappa shape index (κ2) is 6.55. The van der Waals surface area contributed by atoms with Crippen LogP contribution in [0.15, 0.2) is 24.3 Å². The normalized spacial score (nSPS) is 24.4. The highest BCUT2D eigenvalue weighted by molar-refractivity contribution is 6.30. The average molecular weight is 268 g/mol. The summed E-state index contributed by atoms with van der Waals surface area (Å²) in [6.07, 6.45) is 4.44. The molecule has 1 aromatic carbocycles. The first-order chi connectivity index (χ1) is 8.65. The summed E-state index contributed by atoms with van der Waals surface area (Å²) < 4.78 is 0. The Morgan fingerprint density at radius 2 is 2.11 bits per heavy atom. The van der Waals surface area contributed by atoms with E-state index in [2.05, 4.69) is 18.0 Å². The van der Waals surface area contributed by atoms with E-state index in [1.807, 2.05) is 18.2 Å². The quantitative estimate of drug-likeness (QED) is 0.905. The predicted octanol–water partition coefficient (Wildman–Crippen LogP) is 3.32. The van der Waals surface area contributed by atoms with Gasteiger partial charge in [-0.1, -0.05) is 36.6 Å². The number of aliphatic hydroxyl groups is 1. The maximum absolute atomic E-state index is 9.98. The Morgan fingerprint density at radius 1 is 1.33 bits per heavy atom. The molecular weight excluding hydrogens is 246 g/mol. The number of nitrogens with zero attached hydrogens (tertiary/aromatic N) is 1. The van der Waals surface area contributed by atoms with Crippen LogP contribution in [0.5, 0.6) is 0 Å². The third-order valence-electron chi connectivity index (χ3n) is 3.76. The van der Waals surface area contributed by atoms with E-state index in [0.29, 0.717) is 5.92 Å². The molecule has 1 N–H and O–H groups in total. The fourth-order valence-electron chi connectivity index (χ4n) is 2.81.